The van der Waals surface area contributed by atoms with Gasteiger partial charge in [-0.1, -0.05) is 20.8 Å². The number of hydrogen-bond acceptors (Lipinski definition) is 2. The highest BCUT2D eigenvalue weighted by atomic mass is 19.4. The summed E-state index contributed by atoms with van der Waals surface area (Å²) in [7, 11) is 0. The van der Waals surface area contributed by atoms with Crippen molar-refractivity contribution < 1.29 is 13.2 Å². The zero-order valence-electron chi connectivity index (χ0n) is 10.9. The number of nitrogens with two attached hydrogens (primary N) is 1. The predicted octanol–water partition coefficient (Wildman–Crippen LogP) is 3.93. The number of aromatic nitrogens is 1. The third-order valence-corrected chi connectivity index (χ3v) is 2.76. The molecular weight excluding hydrogens is 241 g/mol. The molecule has 5 heteroatoms. The van der Waals surface area contributed by atoms with Crippen molar-refractivity contribution in [3.05, 3.63) is 29.6 Å². The monoisotopic (exact) mass is 260 g/mol. The molecule has 0 aliphatic heterocycles. The molecule has 2 N–H and O–H groups in total. The lowest BCUT2D eigenvalue weighted by Gasteiger charge is -2.22. The highest BCUT2D eigenvalue weighted by Gasteiger charge is 2.34. The molecule has 1 aromatic rings. The first-order chi connectivity index (χ1) is 8.11. The first-order valence-corrected chi connectivity index (χ1v) is 5.88. The molecule has 0 aromatic carbocycles. The van der Waals surface area contributed by atoms with Gasteiger partial charge in [0.05, 0.1) is 5.56 Å². The minimum Gasteiger partial charge on any atom is -0.324 e. The van der Waals surface area contributed by atoms with E-state index in [0.717, 1.165) is 18.7 Å². The number of rotatable bonds is 3. The van der Waals surface area contributed by atoms with Gasteiger partial charge in [-0.3, -0.25) is 4.98 Å². The van der Waals surface area contributed by atoms with Crippen LogP contribution in [0.4, 0.5) is 13.2 Å². The third kappa shape index (κ3) is 4.29. The fourth-order valence-corrected chi connectivity index (χ4v) is 1.70. The van der Waals surface area contributed by atoms with Crippen LogP contribution >= 0.6 is 0 Å². The van der Waals surface area contributed by atoms with E-state index in [1.807, 2.05) is 20.8 Å². The topological polar surface area (TPSA) is 38.9 Å². The molecule has 0 amide bonds. The van der Waals surface area contributed by atoms with E-state index in [1.54, 1.807) is 0 Å². The van der Waals surface area contributed by atoms with Gasteiger partial charge in [-0.25, -0.2) is 0 Å². The fourth-order valence-electron chi connectivity index (χ4n) is 1.70. The first kappa shape index (κ1) is 15.0. The van der Waals surface area contributed by atoms with Crippen LogP contribution in [0.3, 0.4) is 0 Å². The number of alkyl halides is 3. The molecule has 0 saturated carbocycles. The summed E-state index contributed by atoms with van der Waals surface area (Å²) >= 11 is 0. The molecule has 1 rings (SSSR count). The van der Waals surface area contributed by atoms with E-state index in [2.05, 4.69) is 4.98 Å². The normalized spacial score (nSPS) is 14.6. The summed E-state index contributed by atoms with van der Waals surface area (Å²) in [5, 5.41) is 0. The lowest BCUT2D eigenvalue weighted by atomic mass is 9.87. The number of pyridine rings is 1. The van der Waals surface area contributed by atoms with Gasteiger partial charge in [0.1, 0.15) is 0 Å². The summed E-state index contributed by atoms with van der Waals surface area (Å²) in [6.45, 7) is 6.11. The van der Waals surface area contributed by atoms with Crippen molar-refractivity contribution in [2.75, 3.05) is 0 Å². The summed E-state index contributed by atoms with van der Waals surface area (Å²) in [6.07, 6.45) is -0.741. The van der Waals surface area contributed by atoms with Gasteiger partial charge in [-0.2, -0.15) is 13.2 Å². The molecule has 0 aliphatic carbocycles. The molecule has 0 spiro atoms. The Morgan fingerprint density at radius 3 is 2.39 bits per heavy atom. The van der Waals surface area contributed by atoms with Gasteiger partial charge in [0.25, 0.3) is 0 Å². The number of hydrogen-bond donors (Lipinski definition) is 1. The lowest BCUT2D eigenvalue weighted by molar-refractivity contribution is -0.138. The van der Waals surface area contributed by atoms with Crippen molar-refractivity contribution in [2.45, 2.75) is 45.8 Å². The predicted molar refractivity (Wildman–Crippen MR) is 64.9 cm³/mol. The Balaban J connectivity index is 2.89. The fraction of sp³-hybridized carbons (Fsp3) is 0.615. The molecule has 0 radical (unpaired) electrons. The smallest absolute Gasteiger partial charge is 0.324 e. The first-order valence-electron chi connectivity index (χ1n) is 5.88. The molecule has 102 valence electrons. The molecule has 1 atom stereocenters. The molecule has 0 fully saturated rings. The molecule has 18 heavy (non-hydrogen) atoms. The van der Waals surface area contributed by atoms with Crippen molar-refractivity contribution in [1.29, 1.82) is 0 Å². The summed E-state index contributed by atoms with van der Waals surface area (Å²) in [6, 6.07) is 0.348. The van der Waals surface area contributed by atoms with Gasteiger partial charge < -0.3 is 5.73 Å². The van der Waals surface area contributed by atoms with Crippen LogP contribution in [0.1, 0.15) is 50.8 Å². The Morgan fingerprint density at radius 2 is 1.89 bits per heavy atom. The van der Waals surface area contributed by atoms with Gasteiger partial charge in [-0.05, 0) is 29.9 Å². The average Bonchev–Trinajstić information content (AvgIpc) is 2.24. The Labute approximate surface area is 105 Å². The van der Waals surface area contributed by atoms with Crippen LogP contribution in [0.15, 0.2) is 18.5 Å². The molecule has 1 heterocycles. The Hall–Kier alpha value is -1.10. The zero-order valence-corrected chi connectivity index (χ0v) is 10.9. The Morgan fingerprint density at radius 1 is 1.28 bits per heavy atom. The summed E-state index contributed by atoms with van der Waals surface area (Å²) in [4.78, 5) is 3.74. The van der Waals surface area contributed by atoms with Crippen LogP contribution in [0.2, 0.25) is 0 Å². The lowest BCUT2D eigenvalue weighted by Crippen LogP contribution is -2.19. The second-order valence-electron chi connectivity index (χ2n) is 5.67. The molecule has 0 bridgehead atoms. The van der Waals surface area contributed by atoms with Gasteiger partial charge in [-0.15, -0.1) is 0 Å². The largest absolute Gasteiger partial charge is 0.416 e. The van der Waals surface area contributed by atoms with Crippen molar-refractivity contribution in [1.82, 2.24) is 4.98 Å². The molecule has 0 saturated heterocycles. The van der Waals surface area contributed by atoms with E-state index in [9.17, 15) is 13.2 Å². The molecule has 1 unspecified atom stereocenters. The van der Waals surface area contributed by atoms with Crippen LogP contribution in [-0.2, 0) is 6.18 Å². The maximum atomic E-state index is 12.8. The van der Waals surface area contributed by atoms with Crippen LogP contribution in [-0.4, -0.2) is 4.98 Å². The second kappa shape index (κ2) is 5.26. The minimum absolute atomic E-state index is 0.0538. The minimum atomic E-state index is -4.38. The highest BCUT2D eigenvalue weighted by Crippen LogP contribution is 2.35. The van der Waals surface area contributed by atoms with E-state index >= 15 is 0 Å². The van der Waals surface area contributed by atoms with Crippen molar-refractivity contribution in [3.63, 3.8) is 0 Å². The maximum Gasteiger partial charge on any atom is 0.416 e. The van der Waals surface area contributed by atoms with E-state index in [4.69, 9.17) is 5.73 Å². The van der Waals surface area contributed by atoms with Crippen molar-refractivity contribution in [3.8, 4) is 0 Å². The van der Waals surface area contributed by atoms with Gasteiger partial charge in [0.2, 0.25) is 0 Å². The quantitative estimate of drug-likeness (QED) is 0.894. The summed E-state index contributed by atoms with van der Waals surface area (Å²) in [5.74, 6) is 0. The van der Waals surface area contributed by atoms with E-state index < -0.39 is 17.8 Å². The molecule has 2 nitrogen and oxygen atoms in total. The summed E-state index contributed by atoms with van der Waals surface area (Å²) < 4.78 is 38.4. The van der Waals surface area contributed by atoms with E-state index in [-0.39, 0.29) is 11.0 Å². The molecule has 1 aromatic heterocycles. The Bertz CT molecular complexity index is 394. The second-order valence-corrected chi connectivity index (χ2v) is 5.67. The molecular formula is C13H19F3N2. The van der Waals surface area contributed by atoms with Crippen molar-refractivity contribution in [2.24, 2.45) is 11.1 Å². The number of nitrogens with zero attached hydrogens (tertiary/aromatic N) is 1. The highest BCUT2D eigenvalue weighted by molar-refractivity contribution is 5.28. The van der Waals surface area contributed by atoms with Crippen LogP contribution in [0.25, 0.3) is 0 Å². The Kier molecular flexibility index (Phi) is 4.37. The summed E-state index contributed by atoms with van der Waals surface area (Å²) in [5.41, 5.74) is 5.31. The molecule has 0 aliphatic rings. The number of halogens is 3. The van der Waals surface area contributed by atoms with E-state index in [0.29, 0.717) is 6.42 Å². The third-order valence-electron chi connectivity index (χ3n) is 2.76. The van der Waals surface area contributed by atoms with Gasteiger partial charge >= 0.3 is 6.18 Å². The maximum absolute atomic E-state index is 12.8. The van der Waals surface area contributed by atoms with Gasteiger partial charge in [0, 0.05) is 18.4 Å². The van der Waals surface area contributed by atoms with E-state index in [1.165, 1.54) is 6.20 Å². The van der Waals surface area contributed by atoms with Gasteiger partial charge in [0.15, 0.2) is 0 Å². The van der Waals surface area contributed by atoms with Crippen molar-refractivity contribution >= 4 is 0 Å². The van der Waals surface area contributed by atoms with Crippen LogP contribution in [0, 0.1) is 5.41 Å². The standard InChI is InChI=1S/C13H19F3N2/c1-12(2,3)6-4-11(17)9-8-18-7-5-10(9)13(14,15)16/h5,7-8,11H,4,6,17H2,1-3H3. The van der Waals surface area contributed by atoms with Crippen LogP contribution < -0.4 is 5.73 Å². The SMILES string of the molecule is CC(C)(C)CCC(N)c1cnccc1C(F)(F)F. The van der Waals surface area contributed by atoms with Crippen LogP contribution in [0.5, 0.6) is 0 Å². The zero-order chi connectivity index (χ0) is 14.0. The average molecular weight is 260 g/mol.